The molecule has 0 bridgehead atoms. The van der Waals surface area contributed by atoms with Crippen LogP contribution in [0.2, 0.25) is 0 Å². The predicted octanol–water partition coefficient (Wildman–Crippen LogP) is 10.1. The van der Waals surface area contributed by atoms with Gasteiger partial charge >= 0.3 is 0 Å². The predicted molar refractivity (Wildman–Crippen MR) is 246 cm³/mol. The van der Waals surface area contributed by atoms with Crippen molar-refractivity contribution in [2.45, 2.75) is 67.2 Å². The van der Waals surface area contributed by atoms with Crippen LogP contribution in [0.5, 0.6) is 0 Å². The molecule has 0 fully saturated rings. The summed E-state index contributed by atoms with van der Waals surface area (Å²) in [5.41, 5.74) is 7.45. The Kier molecular flexibility index (Phi) is 20.5. The summed E-state index contributed by atoms with van der Waals surface area (Å²) in [6.45, 7) is 12.9. The van der Waals surface area contributed by atoms with E-state index in [0.717, 1.165) is 34.0 Å². The van der Waals surface area contributed by atoms with Gasteiger partial charge in [0.2, 0.25) is 0 Å². The maximum absolute atomic E-state index is 11.2. The van der Waals surface area contributed by atoms with Crippen LogP contribution >= 0.6 is 0 Å². The van der Waals surface area contributed by atoms with Gasteiger partial charge in [-0.1, -0.05) is 150 Å². The van der Waals surface area contributed by atoms with Crippen LogP contribution in [0.15, 0.2) is 176 Å². The Bertz CT molecular complexity index is 2000. The van der Waals surface area contributed by atoms with Gasteiger partial charge in [-0.05, 0) is 79.3 Å². The van der Waals surface area contributed by atoms with Crippen molar-refractivity contribution >= 4 is 52.5 Å². The van der Waals surface area contributed by atoms with Crippen molar-refractivity contribution in [3.05, 3.63) is 198 Å². The maximum atomic E-state index is 11.2. The molecule has 0 aliphatic carbocycles. The van der Waals surface area contributed by atoms with Gasteiger partial charge < -0.3 is 0 Å². The summed E-state index contributed by atoms with van der Waals surface area (Å²) in [6, 6.07) is 44.1. The number of hydrogen-bond acceptors (Lipinski definition) is 6. The van der Waals surface area contributed by atoms with E-state index >= 15 is 0 Å². The van der Waals surface area contributed by atoms with Gasteiger partial charge in [0.05, 0.1) is 17.1 Å². The van der Waals surface area contributed by atoms with E-state index in [9.17, 15) is 28.8 Å². The largest absolute Gasteiger partial charge is 0.269 e. The maximum Gasteiger partial charge on any atom is 0.258 e. The molecular formula is C52H55N3O6. The first kappa shape index (κ1) is 48.1. The van der Waals surface area contributed by atoms with E-state index in [2.05, 4.69) is 90.1 Å². The molecule has 0 N–H and O–H groups in total. The Hall–Kier alpha value is -7.26. The summed E-state index contributed by atoms with van der Waals surface area (Å²) in [6.07, 6.45) is 12.3. The number of para-hydroxylation sites is 3. The summed E-state index contributed by atoms with van der Waals surface area (Å²) >= 11 is 0. The minimum absolute atomic E-state index is 0.281. The topological polar surface area (TPSA) is 112 Å². The monoisotopic (exact) mass is 817 g/mol. The van der Waals surface area contributed by atoms with Gasteiger partial charge in [-0.2, -0.15) is 0 Å². The molecular weight excluding hydrogens is 763 g/mol. The second-order valence-corrected chi connectivity index (χ2v) is 13.6. The molecule has 3 aliphatic heterocycles. The number of amides is 6. The van der Waals surface area contributed by atoms with Gasteiger partial charge in [0.25, 0.3) is 35.4 Å². The number of nitrogens with zero attached hydrogens (tertiary/aromatic N) is 3. The fraction of sp³-hybridized carbons (Fsp3) is 0.192. The fourth-order valence-electron chi connectivity index (χ4n) is 5.53. The SMILES string of the molecule is CCC.CCc1ccc(C)cc1.CCc1ccc(CC)cc1.O=C1C=CC(=O)N1c1ccccc1.O=C1C=CC(=O)N1c1ccccc1.O=C1C=CC(=O)N1c1ccccc1. The molecule has 0 spiro atoms. The first-order chi connectivity index (χ1) is 29.5. The number of rotatable bonds is 6. The average molecular weight is 818 g/mol. The molecule has 6 amide bonds. The van der Waals surface area contributed by atoms with Crippen molar-refractivity contribution < 1.29 is 28.8 Å². The van der Waals surface area contributed by atoms with Crippen molar-refractivity contribution in [3.8, 4) is 0 Å². The third-order valence-corrected chi connectivity index (χ3v) is 8.84. The quantitative estimate of drug-likeness (QED) is 0.158. The summed E-state index contributed by atoms with van der Waals surface area (Å²) in [7, 11) is 0. The normalized spacial score (nSPS) is 13.2. The Labute approximate surface area is 360 Å². The molecule has 9 nitrogen and oxygen atoms in total. The van der Waals surface area contributed by atoms with Crippen LogP contribution in [0, 0.1) is 6.92 Å². The van der Waals surface area contributed by atoms with Crippen LogP contribution in [-0.4, -0.2) is 35.4 Å². The zero-order valence-corrected chi connectivity index (χ0v) is 35.9. The minimum Gasteiger partial charge on any atom is -0.269 e. The van der Waals surface area contributed by atoms with Crippen LogP contribution in [-0.2, 0) is 48.0 Å². The molecule has 5 aromatic carbocycles. The van der Waals surface area contributed by atoms with Gasteiger partial charge in [0.1, 0.15) is 0 Å². The number of benzene rings is 5. The van der Waals surface area contributed by atoms with Crippen LogP contribution in [0.4, 0.5) is 17.1 Å². The van der Waals surface area contributed by atoms with Gasteiger partial charge in [0, 0.05) is 36.5 Å². The Morgan fingerprint density at radius 3 is 0.705 bits per heavy atom. The van der Waals surface area contributed by atoms with E-state index in [0.29, 0.717) is 17.1 Å². The number of carbonyl (C=O) groups excluding carboxylic acids is 6. The molecule has 5 aromatic rings. The Morgan fingerprint density at radius 1 is 0.311 bits per heavy atom. The van der Waals surface area contributed by atoms with Crippen LogP contribution in [0.25, 0.3) is 0 Å². The first-order valence-electron chi connectivity index (χ1n) is 20.4. The van der Waals surface area contributed by atoms with Gasteiger partial charge in [-0.15, -0.1) is 0 Å². The van der Waals surface area contributed by atoms with Crippen molar-refractivity contribution in [1.82, 2.24) is 0 Å². The lowest BCUT2D eigenvalue weighted by Gasteiger charge is -2.12. The zero-order chi connectivity index (χ0) is 44.6. The van der Waals surface area contributed by atoms with Crippen molar-refractivity contribution in [1.29, 1.82) is 0 Å². The second-order valence-electron chi connectivity index (χ2n) is 13.6. The molecule has 3 heterocycles. The van der Waals surface area contributed by atoms with Crippen molar-refractivity contribution in [3.63, 3.8) is 0 Å². The molecule has 3 aliphatic rings. The van der Waals surface area contributed by atoms with E-state index in [1.165, 1.54) is 65.1 Å². The Balaban J connectivity index is 0.000000201. The van der Waals surface area contributed by atoms with E-state index < -0.39 is 0 Å². The average Bonchev–Trinajstić information content (AvgIpc) is 3.95. The highest BCUT2D eigenvalue weighted by Gasteiger charge is 2.26. The van der Waals surface area contributed by atoms with Gasteiger partial charge in [-0.3, -0.25) is 28.8 Å². The second kappa shape index (κ2) is 26.0. The molecule has 0 saturated carbocycles. The molecule has 0 saturated heterocycles. The van der Waals surface area contributed by atoms with Crippen molar-refractivity contribution in [2.75, 3.05) is 14.7 Å². The number of imide groups is 3. The highest BCUT2D eigenvalue weighted by atomic mass is 16.2. The highest BCUT2D eigenvalue weighted by Crippen LogP contribution is 2.19. The smallest absolute Gasteiger partial charge is 0.258 e. The molecule has 314 valence electrons. The van der Waals surface area contributed by atoms with Crippen LogP contribution < -0.4 is 14.7 Å². The Morgan fingerprint density at radius 2 is 0.508 bits per heavy atom. The summed E-state index contributed by atoms with van der Waals surface area (Å²) in [5, 5.41) is 0. The van der Waals surface area contributed by atoms with Crippen LogP contribution in [0.1, 0.15) is 63.3 Å². The standard InChI is InChI=1S/3C10H7NO2.C10H14.C9H12.C3H8/c3*12-9-6-7-10(13)11(9)8-4-2-1-3-5-8;1-3-9-5-7-10(4-2)8-6-9;1-3-9-6-4-8(2)5-7-9;1-3-2/h3*1-7H;5-8H,3-4H2,1-2H3;4-7H,3H2,1-2H3;3H2,1-2H3. The van der Waals surface area contributed by atoms with Crippen molar-refractivity contribution in [2.24, 2.45) is 0 Å². The molecule has 9 heteroatoms. The fourth-order valence-corrected chi connectivity index (χ4v) is 5.53. The summed E-state index contributed by atoms with van der Waals surface area (Å²) in [5.74, 6) is -1.69. The number of aryl methyl sites for hydroxylation is 4. The third kappa shape index (κ3) is 15.5. The van der Waals surface area contributed by atoms with E-state index in [-0.39, 0.29) is 35.4 Å². The lowest BCUT2D eigenvalue weighted by atomic mass is 10.1. The van der Waals surface area contributed by atoms with E-state index in [1.807, 2.05) is 18.2 Å². The lowest BCUT2D eigenvalue weighted by Crippen LogP contribution is -2.29. The number of hydrogen-bond donors (Lipinski definition) is 0. The summed E-state index contributed by atoms with van der Waals surface area (Å²) < 4.78 is 0. The third-order valence-electron chi connectivity index (χ3n) is 8.84. The number of carbonyl (C=O) groups is 6. The highest BCUT2D eigenvalue weighted by molar-refractivity contribution is 6.29. The zero-order valence-electron chi connectivity index (χ0n) is 35.9. The molecule has 61 heavy (non-hydrogen) atoms. The lowest BCUT2D eigenvalue weighted by molar-refractivity contribution is -0.121. The van der Waals surface area contributed by atoms with E-state index in [1.54, 1.807) is 72.8 Å². The van der Waals surface area contributed by atoms with Crippen LogP contribution in [0.3, 0.4) is 0 Å². The summed E-state index contributed by atoms with van der Waals surface area (Å²) in [4.78, 5) is 70.6. The molecule has 8 rings (SSSR count). The first-order valence-corrected chi connectivity index (χ1v) is 20.4. The molecule has 0 unspecified atom stereocenters. The van der Waals surface area contributed by atoms with E-state index in [4.69, 9.17) is 0 Å². The van der Waals surface area contributed by atoms with Gasteiger partial charge in [-0.25, -0.2) is 14.7 Å². The number of anilines is 3. The molecule has 0 atom stereocenters. The van der Waals surface area contributed by atoms with Gasteiger partial charge in [0.15, 0.2) is 0 Å². The molecule has 0 radical (unpaired) electrons. The minimum atomic E-state index is -0.281. The molecule has 0 aromatic heterocycles.